The van der Waals surface area contributed by atoms with Crippen molar-refractivity contribution in [3.8, 4) is 12.3 Å². The van der Waals surface area contributed by atoms with Gasteiger partial charge in [0.25, 0.3) is 0 Å². The monoisotopic (exact) mass is 396 g/mol. The number of rotatable bonds is 8. The Morgan fingerprint density at radius 1 is 1.20 bits per heavy atom. The van der Waals surface area contributed by atoms with E-state index in [9.17, 15) is 0 Å². The van der Waals surface area contributed by atoms with Gasteiger partial charge in [-0.2, -0.15) is 0 Å². The predicted molar refractivity (Wildman–Crippen MR) is 132 cm³/mol. The zero-order valence-corrected chi connectivity index (χ0v) is 19.2. The van der Waals surface area contributed by atoms with Crippen molar-refractivity contribution in [3.05, 3.63) is 89.0 Å². The molecule has 0 aromatic heterocycles. The Labute approximate surface area is 184 Å². The fraction of sp³-hybridized carbons (Fsp3) is 0.400. The molecule has 0 nitrogen and oxygen atoms in total. The molecule has 1 fully saturated rings. The fourth-order valence-corrected chi connectivity index (χ4v) is 5.27. The van der Waals surface area contributed by atoms with E-state index in [1.807, 2.05) is 6.07 Å². The maximum atomic E-state index is 5.61. The van der Waals surface area contributed by atoms with Crippen molar-refractivity contribution in [2.45, 2.75) is 71.1 Å². The highest BCUT2D eigenvalue weighted by molar-refractivity contribution is 5.67. The van der Waals surface area contributed by atoms with Gasteiger partial charge in [-0.3, -0.25) is 0 Å². The molecule has 30 heavy (non-hydrogen) atoms. The first-order valence-corrected chi connectivity index (χ1v) is 11.4. The smallest absolute Gasteiger partial charge is 0.0248 e. The van der Waals surface area contributed by atoms with Crippen LogP contribution in [0.25, 0.3) is 5.57 Å². The fourth-order valence-electron chi connectivity index (χ4n) is 5.27. The van der Waals surface area contributed by atoms with E-state index in [1.54, 1.807) is 0 Å². The van der Waals surface area contributed by atoms with E-state index in [4.69, 9.17) is 6.42 Å². The molecular formula is C30H36. The van der Waals surface area contributed by atoms with Crippen LogP contribution in [-0.4, -0.2) is 0 Å². The Hall–Kier alpha value is -2.52. The molecule has 156 valence electrons. The molecule has 0 amide bonds. The van der Waals surface area contributed by atoms with Gasteiger partial charge in [0.2, 0.25) is 0 Å². The van der Waals surface area contributed by atoms with Crippen LogP contribution in [0.4, 0.5) is 0 Å². The molecule has 2 unspecified atom stereocenters. The largest absolute Gasteiger partial charge is 0.115 e. The van der Waals surface area contributed by atoms with Gasteiger partial charge in [-0.1, -0.05) is 80.8 Å². The van der Waals surface area contributed by atoms with E-state index in [0.29, 0.717) is 17.3 Å². The molecule has 1 aliphatic rings. The summed E-state index contributed by atoms with van der Waals surface area (Å²) in [5.41, 5.74) is 8.09. The summed E-state index contributed by atoms with van der Waals surface area (Å²) < 4.78 is 0. The molecule has 2 aromatic rings. The third-order valence-corrected chi connectivity index (χ3v) is 7.26. The van der Waals surface area contributed by atoms with Gasteiger partial charge in [-0.15, -0.1) is 6.42 Å². The molecule has 0 N–H and O–H groups in total. The maximum Gasteiger partial charge on any atom is 0.0248 e. The summed E-state index contributed by atoms with van der Waals surface area (Å²) in [6.45, 7) is 13.3. The van der Waals surface area contributed by atoms with Gasteiger partial charge in [0.15, 0.2) is 0 Å². The third-order valence-electron chi connectivity index (χ3n) is 7.26. The lowest BCUT2D eigenvalue weighted by Gasteiger charge is -2.42. The van der Waals surface area contributed by atoms with Crippen LogP contribution >= 0.6 is 0 Å². The molecule has 0 radical (unpaired) electrons. The van der Waals surface area contributed by atoms with Gasteiger partial charge in [-0.05, 0) is 85.3 Å². The van der Waals surface area contributed by atoms with Gasteiger partial charge in [-0.25, -0.2) is 0 Å². The van der Waals surface area contributed by atoms with Crippen LogP contribution in [0.3, 0.4) is 0 Å². The van der Waals surface area contributed by atoms with Crippen LogP contribution in [-0.2, 0) is 5.41 Å². The summed E-state index contributed by atoms with van der Waals surface area (Å²) in [6, 6.07) is 17.8. The second-order valence-electron chi connectivity index (χ2n) is 9.15. The topological polar surface area (TPSA) is 0 Å². The Kier molecular flexibility index (Phi) is 7.04. The quantitative estimate of drug-likeness (QED) is 0.311. The van der Waals surface area contributed by atoms with Crippen molar-refractivity contribution in [3.63, 3.8) is 0 Å². The van der Waals surface area contributed by atoms with Crippen molar-refractivity contribution >= 4 is 5.57 Å². The average Bonchev–Trinajstić information content (AvgIpc) is 2.72. The Morgan fingerprint density at radius 2 is 1.90 bits per heavy atom. The third kappa shape index (κ3) is 4.46. The zero-order valence-electron chi connectivity index (χ0n) is 19.2. The highest BCUT2D eigenvalue weighted by Gasteiger charge is 2.36. The van der Waals surface area contributed by atoms with Crippen LogP contribution in [0, 0.1) is 18.3 Å². The van der Waals surface area contributed by atoms with Gasteiger partial charge < -0.3 is 0 Å². The first-order valence-electron chi connectivity index (χ1n) is 11.4. The molecule has 0 aliphatic heterocycles. The van der Waals surface area contributed by atoms with Crippen molar-refractivity contribution in [2.24, 2.45) is 5.92 Å². The SMILES string of the molecule is C#Cc1cccc(/C(=C/C)CC(C)C(C(=C)C)c2ccc(C3(CC)CCC3)cc2)c1. The molecule has 3 rings (SSSR count). The van der Waals surface area contributed by atoms with Crippen molar-refractivity contribution in [1.29, 1.82) is 0 Å². The van der Waals surface area contributed by atoms with Crippen LogP contribution in [0.5, 0.6) is 0 Å². The summed E-state index contributed by atoms with van der Waals surface area (Å²) in [5.74, 6) is 3.56. The van der Waals surface area contributed by atoms with Crippen LogP contribution in [0.2, 0.25) is 0 Å². The van der Waals surface area contributed by atoms with Crippen molar-refractivity contribution < 1.29 is 0 Å². The van der Waals surface area contributed by atoms with Crippen LogP contribution in [0.15, 0.2) is 66.8 Å². The number of hydrogen-bond acceptors (Lipinski definition) is 0. The van der Waals surface area contributed by atoms with E-state index in [0.717, 1.165) is 12.0 Å². The molecule has 0 bridgehead atoms. The van der Waals surface area contributed by atoms with Gasteiger partial charge in [0.05, 0.1) is 0 Å². The highest BCUT2D eigenvalue weighted by atomic mass is 14.4. The predicted octanol–water partition coefficient (Wildman–Crippen LogP) is 8.29. The second-order valence-corrected chi connectivity index (χ2v) is 9.15. The van der Waals surface area contributed by atoms with E-state index in [-0.39, 0.29) is 0 Å². The van der Waals surface area contributed by atoms with Crippen molar-refractivity contribution in [1.82, 2.24) is 0 Å². The summed E-state index contributed by atoms with van der Waals surface area (Å²) in [5, 5.41) is 0. The van der Waals surface area contributed by atoms with E-state index in [2.05, 4.69) is 88.7 Å². The van der Waals surface area contributed by atoms with Gasteiger partial charge in [0.1, 0.15) is 0 Å². The molecule has 0 spiro atoms. The molecule has 0 saturated heterocycles. The van der Waals surface area contributed by atoms with E-state index in [1.165, 1.54) is 53.5 Å². The number of hydrogen-bond donors (Lipinski definition) is 0. The van der Waals surface area contributed by atoms with E-state index < -0.39 is 0 Å². The normalized spacial score (nSPS) is 17.5. The summed E-state index contributed by atoms with van der Waals surface area (Å²) in [6.07, 6.45) is 14.1. The molecule has 0 heteroatoms. The molecular weight excluding hydrogens is 360 g/mol. The lowest BCUT2D eigenvalue weighted by atomic mass is 9.63. The molecule has 1 saturated carbocycles. The standard InChI is InChI=1S/C30H36/c1-7-24-12-10-13-27(21-24)25(8-2)20-23(6)29(22(4)5)26-14-16-28(17-15-26)30(9-3)18-11-19-30/h1,8,10,12-17,21,23,29H,4,9,11,18-20H2,2-3,5-6H3/b25-8+. The minimum atomic E-state index is 0.351. The van der Waals surface area contributed by atoms with Gasteiger partial charge in [0, 0.05) is 11.5 Å². The first kappa shape index (κ1) is 22.2. The highest BCUT2D eigenvalue weighted by Crippen LogP contribution is 2.47. The van der Waals surface area contributed by atoms with Crippen LogP contribution in [0.1, 0.15) is 88.0 Å². The molecule has 0 heterocycles. The molecule has 1 aliphatic carbocycles. The zero-order chi connectivity index (χ0) is 21.7. The van der Waals surface area contributed by atoms with Crippen LogP contribution < -0.4 is 0 Å². The lowest BCUT2D eigenvalue weighted by molar-refractivity contribution is 0.235. The minimum absolute atomic E-state index is 0.351. The van der Waals surface area contributed by atoms with E-state index >= 15 is 0 Å². The number of terminal acetylenes is 1. The molecule has 2 aromatic carbocycles. The number of benzene rings is 2. The maximum absolute atomic E-state index is 5.61. The first-order chi connectivity index (χ1) is 14.4. The molecule has 2 atom stereocenters. The Morgan fingerprint density at radius 3 is 2.40 bits per heavy atom. The summed E-state index contributed by atoms with van der Waals surface area (Å²) in [7, 11) is 0. The van der Waals surface area contributed by atoms with Crippen molar-refractivity contribution in [2.75, 3.05) is 0 Å². The Balaban J connectivity index is 1.81. The van der Waals surface area contributed by atoms with Gasteiger partial charge >= 0.3 is 0 Å². The minimum Gasteiger partial charge on any atom is -0.115 e. The summed E-state index contributed by atoms with van der Waals surface area (Å²) in [4.78, 5) is 0. The lowest BCUT2D eigenvalue weighted by Crippen LogP contribution is -2.33. The second kappa shape index (κ2) is 9.53. The summed E-state index contributed by atoms with van der Waals surface area (Å²) >= 11 is 0. The number of allylic oxidation sites excluding steroid dienone is 3. The Bertz CT molecular complexity index is 939. The average molecular weight is 397 g/mol.